The van der Waals surface area contributed by atoms with Gasteiger partial charge in [-0.25, -0.2) is 0 Å². The molecule has 0 saturated carbocycles. The maximum Gasteiger partial charge on any atom is 0.307 e. The number of benzene rings is 1. The number of rotatable bonds is 3. The van der Waals surface area contributed by atoms with E-state index >= 15 is 0 Å². The molecule has 0 heterocycles. The normalized spacial score (nSPS) is 8.62. The zero-order valence-electron chi connectivity index (χ0n) is 7.66. The number of aliphatic carboxylic acids is 1. The molecule has 0 unspecified atom stereocenters. The van der Waals surface area contributed by atoms with Gasteiger partial charge >= 0.3 is 5.97 Å². The summed E-state index contributed by atoms with van der Waals surface area (Å²) in [5.41, 5.74) is 1.82. The third kappa shape index (κ3) is 4.27. The third-order valence-electron chi connectivity index (χ3n) is 1.57. The number of hydrogen-bond donors (Lipinski definition) is 1. The van der Waals surface area contributed by atoms with Crippen LogP contribution in [0.2, 0.25) is 0 Å². The molecule has 0 aromatic heterocycles. The van der Waals surface area contributed by atoms with Crippen LogP contribution in [0.4, 0.5) is 0 Å². The minimum atomic E-state index is -0.804. The molecule has 0 saturated heterocycles. The molecular weight excluding hydrogens is 175 g/mol. The van der Waals surface area contributed by atoms with Crippen LogP contribution in [0.15, 0.2) is 30.8 Å². The molecule has 1 aromatic carbocycles. The molecule has 0 atom stereocenters. The second-order valence-corrected chi connectivity index (χ2v) is 2.52. The minimum absolute atomic E-state index is 0. The average molecular weight is 185 g/mol. The molecule has 0 bridgehead atoms. The molecule has 1 N–H and O–H groups in total. The summed E-state index contributed by atoms with van der Waals surface area (Å²) in [6.45, 7) is 3.61. The number of hydrogen-bond acceptors (Lipinski definition) is 1. The van der Waals surface area contributed by atoms with Crippen LogP contribution in [0.5, 0.6) is 0 Å². The van der Waals surface area contributed by atoms with Crippen molar-refractivity contribution in [1.29, 1.82) is 0 Å². The Labute approximate surface area is 99.6 Å². The first kappa shape index (κ1) is 12.4. The second-order valence-electron chi connectivity index (χ2n) is 2.52. The van der Waals surface area contributed by atoms with E-state index in [9.17, 15) is 4.79 Å². The Morgan fingerprint density at radius 2 is 1.92 bits per heavy atom. The van der Waals surface area contributed by atoms with Crippen molar-refractivity contribution in [2.45, 2.75) is 6.42 Å². The standard InChI is InChI=1S/C10H10O2.Na/c1-2-8-3-5-9(6-4-8)7-10(11)12;/h2-6H,1,7H2,(H,11,12);. The summed E-state index contributed by atoms with van der Waals surface area (Å²) in [4.78, 5) is 10.3. The van der Waals surface area contributed by atoms with Crippen molar-refractivity contribution in [3.05, 3.63) is 42.0 Å². The van der Waals surface area contributed by atoms with Gasteiger partial charge in [-0.3, -0.25) is 4.79 Å². The molecule has 0 aliphatic heterocycles. The van der Waals surface area contributed by atoms with E-state index in [-0.39, 0.29) is 36.0 Å². The van der Waals surface area contributed by atoms with Crippen LogP contribution in [-0.2, 0) is 11.2 Å². The quantitative estimate of drug-likeness (QED) is 0.726. The van der Waals surface area contributed by atoms with Crippen molar-refractivity contribution in [2.75, 3.05) is 0 Å². The zero-order chi connectivity index (χ0) is 8.97. The summed E-state index contributed by atoms with van der Waals surface area (Å²) < 4.78 is 0. The third-order valence-corrected chi connectivity index (χ3v) is 1.57. The zero-order valence-corrected chi connectivity index (χ0v) is 9.66. The van der Waals surface area contributed by atoms with Crippen LogP contribution >= 0.6 is 0 Å². The molecule has 1 aromatic rings. The van der Waals surface area contributed by atoms with E-state index in [1.165, 1.54) is 0 Å². The van der Waals surface area contributed by atoms with Crippen LogP contribution in [0, 0.1) is 0 Å². The Balaban J connectivity index is 0.00000144. The van der Waals surface area contributed by atoms with Crippen LogP contribution in [0.3, 0.4) is 0 Å². The number of carboxylic acid groups (broad SMARTS) is 1. The van der Waals surface area contributed by atoms with E-state index in [0.717, 1.165) is 11.1 Å². The first-order valence-electron chi connectivity index (χ1n) is 3.65. The van der Waals surface area contributed by atoms with Crippen molar-refractivity contribution >= 4 is 41.6 Å². The fraction of sp³-hybridized carbons (Fsp3) is 0.100. The van der Waals surface area contributed by atoms with Crippen molar-refractivity contribution in [3.63, 3.8) is 0 Å². The smallest absolute Gasteiger partial charge is 0.307 e. The van der Waals surface area contributed by atoms with Gasteiger partial charge in [-0.05, 0) is 11.1 Å². The summed E-state index contributed by atoms with van der Waals surface area (Å²) >= 11 is 0. The van der Waals surface area contributed by atoms with E-state index in [2.05, 4.69) is 6.58 Å². The molecule has 1 radical (unpaired) electrons. The van der Waals surface area contributed by atoms with Gasteiger partial charge in [-0.1, -0.05) is 36.9 Å². The molecule has 3 heteroatoms. The van der Waals surface area contributed by atoms with E-state index < -0.39 is 5.97 Å². The Kier molecular flexibility index (Phi) is 5.71. The first-order chi connectivity index (χ1) is 5.72. The molecule has 0 aliphatic carbocycles. The molecule has 2 nitrogen and oxygen atoms in total. The van der Waals surface area contributed by atoms with Gasteiger partial charge < -0.3 is 5.11 Å². The van der Waals surface area contributed by atoms with Crippen LogP contribution in [0.1, 0.15) is 11.1 Å². The van der Waals surface area contributed by atoms with Gasteiger partial charge in [0.1, 0.15) is 0 Å². The monoisotopic (exact) mass is 185 g/mol. The van der Waals surface area contributed by atoms with Gasteiger partial charge in [0.15, 0.2) is 0 Å². The summed E-state index contributed by atoms with van der Waals surface area (Å²) in [6, 6.07) is 7.30. The van der Waals surface area contributed by atoms with E-state index in [1.54, 1.807) is 18.2 Å². The predicted molar refractivity (Wildman–Crippen MR) is 53.6 cm³/mol. The van der Waals surface area contributed by atoms with E-state index in [0.29, 0.717) is 0 Å². The molecule has 0 spiro atoms. The minimum Gasteiger partial charge on any atom is -0.481 e. The molecule has 0 fully saturated rings. The molecule has 63 valence electrons. The van der Waals surface area contributed by atoms with Crippen LogP contribution < -0.4 is 0 Å². The summed E-state index contributed by atoms with van der Waals surface area (Å²) in [7, 11) is 0. The largest absolute Gasteiger partial charge is 0.481 e. The average Bonchev–Trinajstić information content (AvgIpc) is 2.05. The Bertz CT molecular complexity index is 290. The van der Waals surface area contributed by atoms with Gasteiger partial charge in [0.05, 0.1) is 6.42 Å². The Morgan fingerprint density at radius 3 is 2.31 bits per heavy atom. The van der Waals surface area contributed by atoms with Crippen molar-refractivity contribution in [2.24, 2.45) is 0 Å². The summed E-state index contributed by atoms with van der Waals surface area (Å²) in [5.74, 6) is -0.804. The van der Waals surface area contributed by atoms with Gasteiger partial charge in [0.2, 0.25) is 0 Å². The number of carbonyl (C=O) groups is 1. The maximum atomic E-state index is 10.3. The maximum absolute atomic E-state index is 10.3. The molecule has 13 heavy (non-hydrogen) atoms. The van der Waals surface area contributed by atoms with Gasteiger partial charge in [0, 0.05) is 29.6 Å². The Hall–Kier alpha value is -0.570. The molecule has 0 amide bonds. The predicted octanol–water partition coefficient (Wildman–Crippen LogP) is 1.58. The Morgan fingerprint density at radius 1 is 1.38 bits per heavy atom. The fourth-order valence-electron chi connectivity index (χ4n) is 0.946. The van der Waals surface area contributed by atoms with Gasteiger partial charge in [-0.2, -0.15) is 0 Å². The van der Waals surface area contributed by atoms with Crippen molar-refractivity contribution in [1.82, 2.24) is 0 Å². The second kappa shape index (κ2) is 5.97. The molecular formula is C10H10NaO2. The number of carboxylic acids is 1. The SMILES string of the molecule is C=Cc1ccc(CC(=O)O)cc1.[Na]. The van der Waals surface area contributed by atoms with E-state index in [1.807, 2.05) is 12.1 Å². The topological polar surface area (TPSA) is 37.3 Å². The fourth-order valence-corrected chi connectivity index (χ4v) is 0.946. The van der Waals surface area contributed by atoms with Crippen LogP contribution in [-0.4, -0.2) is 40.6 Å². The summed E-state index contributed by atoms with van der Waals surface area (Å²) in [6.07, 6.45) is 1.81. The van der Waals surface area contributed by atoms with Crippen LogP contribution in [0.25, 0.3) is 6.08 Å². The van der Waals surface area contributed by atoms with Gasteiger partial charge in [0.25, 0.3) is 0 Å². The van der Waals surface area contributed by atoms with Gasteiger partial charge in [-0.15, -0.1) is 0 Å². The molecule has 1 rings (SSSR count). The first-order valence-corrected chi connectivity index (χ1v) is 3.65. The molecule has 0 aliphatic rings. The van der Waals surface area contributed by atoms with E-state index in [4.69, 9.17) is 5.11 Å². The van der Waals surface area contributed by atoms with Crippen molar-refractivity contribution < 1.29 is 9.90 Å². The van der Waals surface area contributed by atoms with Crippen molar-refractivity contribution in [3.8, 4) is 0 Å². The summed E-state index contributed by atoms with van der Waals surface area (Å²) in [5, 5.41) is 8.47.